The van der Waals surface area contributed by atoms with Gasteiger partial charge in [-0.1, -0.05) is 17.7 Å². The second-order valence-corrected chi connectivity index (χ2v) is 6.38. The molecule has 0 aliphatic rings. The Morgan fingerprint density at radius 3 is 3.00 bits per heavy atom. The lowest BCUT2D eigenvalue weighted by Gasteiger charge is -2.11. The van der Waals surface area contributed by atoms with Crippen molar-refractivity contribution in [2.24, 2.45) is 0 Å². The zero-order chi connectivity index (χ0) is 17.4. The first-order valence-corrected chi connectivity index (χ1v) is 8.42. The number of nitrogens with one attached hydrogen (secondary N) is 2. The number of aromatic nitrogens is 2. The molecule has 6 nitrogen and oxygen atoms in total. The van der Waals surface area contributed by atoms with E-state index in [0.717, 1.165) is 25.2 Å². The molecule has 0 atom stereocenters. The number of thiocarbonyl (C=S) groups is 1. The highest BCUT2D eigenvalue weighted by Crippen LogP contribution is 2.17. The molecule has 24 heavy (non-hydrogen) atoms. The van der Waals surface area contributed by atoms with E-state index >= 15 is 0 Å². The van der Waals surface area contributed by atoms with Crippen LogP contribution in [0.5, 0.6) is 5.75 Å². The van der Waals surface area contributed by atoms with E-state index in [2.05, 4.69) is 34.7 Å². The maximum Gasteiger partial charge on any atom is 0.180 e. The van der Waals surface area contributed by atoms with E-state index in [-0.39, 0.29) is 0 Å². The molecule has 0 amide bonds. The Morgan fingerprint density at radius 2 is 2.25 bits per heavy atom. The van der Waals surface area contributed by atoms with Crippen LogP contribution in [0.25, 0.3) is 0 Å². The SMILES string of the molecule is CN(C)CCCNC(=S)Nc1cnn(COc2cccc(Cl)c2)c1. The summed E-state index contributed by atoms with van der Waals surface area (Å²) in [6.07, 6.45) is 4.56. The van der Waals surface area contributed by atoms with E-state index in [4.69, 9.17) is 28.6 Å². The molecule has 0 spiro atoms. The van der Waals surface area contributed by atoms with Gasteiger partial charge in [0.15, 0.2) is 11.8 Å². The van der Waals surface area contributed by atoms with Crippen LogP contribution in [0.2, 0.25) is 5.02 Å². The third kappa shape index (κ3) is 6.74. The smallest absolute Gasteiger partial charge is 0.180 e. The number of halogens is 1. The minimum Gasteiger partial charge on any atom is -0.471 e. The quantitative estimate of drug-likeness (QED) is 0.552. The number of anilines is 1. The summed E-state index contributed by atoms with van der Waals surface area (Å²) in [5.41, 5.74) is 0.815. The molecule has 2 N–H and O–H groups in total. The van der Waals surface area contributed by atoms with Crippen molar-refractivity contribution >= 4 is 34.6 Å². The van der Waals surface area contributed by atoms with Crippen LogP contribution in [-0.4, -0.2) is 47.0 Å². The highest BCUT2D eigenvalue weighted by molar-refractivity contribution is 7.80. The predicted molar refractivity (Wildman–Crippen MR) is 102 cm³/mol. The fourth-order valence-corrected chi connectivity index (χ4v) is 2.37. The molecule has 0 radical (unpaired) electrons. The van der Waals surface area contributed by atoms with Crippen LogP contribution < -0.4 is 15.4 Å². The molecular formula is C16H22ClN5OS. The number of ether oxygens (including phenoxy) is 1. The van der Waals surface area contributed by atoms with Crippen molar-refractivity contribution in [1.82, 2.24) is 20.0 Å². The number of benzene rings is 1. The third-order valence-corrected chi connectivity index (χ3v) is 3.60. The van der Waals surface area contributed by atoms with E-state index < -0.39 is 0 Å². The van der Waals surface area contributed by atoms with Crippen molar-refractivity contribution in [1.29, 1.82) is 0 Å². The molecule has 0 bridgehead atoms. The standard InChI is InChI=1S/C16H22ClN5OS/c1-21(2)8-4-7-18-16(24)20-14-10-19-22(11-14)12-23-15-6-3-5-13(17)9-15/h3,5-6,9-11H,4,7-8,12H2,1-2H3,(H2,18,20,24). The lowest BCUT2D eigenvalue weighted by molar-refractivity contribution is 0.221. The van der Waals surface area contributed by atoms with Crippen molar-refractivity contribution in [3.05, 3.63) is 41.7 Å². The Hall–Kier alpha value is -1.83. The minimum absolute atomic E-state index is 0.297. The molecule has 2 rings (SSSR count). The van der Waals surface area contributed by atoms with Gasteiger partial charge in [0, 0.05) is 11.6 Å². The highest BCUT2D eigenvalue weighted by Gasteiger charge is 2.02. The van der Waals surface area contributed by atoms with Crippen LogP contribution in [0.3, 0.4) is 0 Å². The second kappa shape index (κ2) is 9.46. The summed E-state index contributed by atoms with van der Waals surface area (Å²) < 4.78 is 7.31. The van der Waals surface area contributed by atoms with E-state index in [1.807, 2.05) is 18.3 Å². The van der Waals surface area contributed by atoms with Crippen LogP contribution in [0.4, 0.5) is 5.69 Å². The zero-order valence-corrected chi connectivity index (χ0v) is 15.4. The van der Waals surface area contributed by atoms with Gasteiger partial charge in [-0.3, -0.25) is 0 Å². The summed E-state index contributed by atoms with van der Waals surface area (Å²) >= 11 is 11.2. The summed E-state index contributed by atoms with van der Waals surface area (Å²) in [4.78, 5) is 2.14. The van der Waals surface area contributed by atoms with Gasteiger partial charge in [-0.25, -0.2) is 4.68 Å². The summed E-state index contributed by atoms with van der Waals surface area (Å²) in [5, 5.41) is 11.7. The first-order valence-electron chi connectivity index (χ1n) is 7.63. The monoisotopic (exact) mass is 367 g/mol. The summed E-state index contributed by atoms with van der Waals surface area (Å²) in [5.74, 6) is 0.700. The van der Waals surface area contributed by atoms with Gasteiger partial charge in [0.05, 0.1) is 18.1 Å². The van der Waals surface area contributed by atoms with Gasteiger partial charge < -0.3 is 20.3 Å². The lowest BCUT2D eigenvalue weighted by atomic mass is 10.3. The van der Waals surface area contributed by atoms with Gasteiger partial charge in [0.2, 0.25) is 0 Å². The molecule has 1 heterocycles. The second-order valence-electron chi connectivity index (χ2n) is 5.54. The van der Waals surface area contributed by atoms with Crippen LogP contribution in [0.15, 0.2) is 36.7 Å². The average Bonchev–Trinajstić information content (AvgIpc) is 2.97. The van der Waals surface area contributed by atoms with E-state index in [9.17, 15) is 0 Å². The van der Waals surface area contributed by atoms with Gasteiger partial charge in [0.25, 0.3) is 0 Å². The molecule has 0 aliphatic carbocycles. The molecule has 0 unspecified atom stereocenters. The Labute approximate surface area is 152 Å². The molecule has 130 valence electrons. The van der Waals surface area contributed by atoms with E-state index in [1.54, 1.807) is 23.0 Å². The highest BCUT2D eigenvalue weighted by atomic mass is 35.5. The number of hydrogen-bond donors (Lipinski definition) is 2. The van der Waals surface area contributed by atoms with Crippen LogP contribution >= 0.6 is 23.8 Å². The third-order valence-electron chi connectivity index (χ3n) is 3.12. The van der Waals surface area contributed by atoms with Gasteiger partial charge >= 0.3 is 0 Å². The maximum absolute atomic E-state index is 5.92. The van der Waals surface area contributed by atoms with Gasteiger partial charge in [0.1, 0.15) is 5.75 Å². The molecule has 2 aromatic rings. The largest absolute Gasteiger partial charge is 0.471 e. The first-order chi connectivity index (χ1) is 11.5. The van der Waals surface area contributed by atoms with Crippen LogP contribution in [-0.2, 0) is 6.73 Å². The van der Waals surface area contributed by atoms with Crippen molar-refractivity contribution in [2.45, 2.75) is 13.2 Å². The van der Waals surface area contributed by atoms with Gasteiger partial charge in [-0.05, 0) is 57.5 Å². The maximum atomic E-state index is 5.92. The lowest BCUT2D eigenvalue weighted by Crippen LogP contribution is -2.30. The number of rotatable bonds is 8. The minimum atomic E-state index is 0.297. The normalized spacial score (nSPS) is 10.7. The number of hydrogen-bond acceptors (Lipinski definition) is 4. The Balaban J connectivity index is 1.73. The van der Waals surface area contributed by atoms with Crippen LogP contribution in [0.1, 0.15) is 6.42 Å². The topological polar surface area (TPSA) is 54.3 Å². The molecule has 1 aromatic carbocycles. The zero-order valence-electron chi connectivity index (χ0n) is 13.8. The fourth-order valence-electron chi connectivity index (χ4n) is 1.97. The van der Waals surface area contributed by atoms with Crippen molar-refractivity contribution in [2.75, 3.05) is 32.5 Å². The van der Waals surface area contributed by atoms with E-state index in [0.29, 0.717) is 22.6 Å². The molecule has 0 saturated heterocycles. The Morgan fingerprint density at radius 1 is 1.42 bits per heavy atom. The van der Waals surface area contributed by atoms with E-state index in [1.165, 1.54) is 0 Å². The Bertz CT molecular complexity index is 661. The molecule has 8 heteroatoms. The predicted octanol–water partition coefficient (Wildman–Crippen LogP) is 2.81. The van der Waals surface area contributed by atoms with Crippen molar-refractivity contribution in [3.8, 4) is 5.75 Å². The molecule has 1 aromatic heterocycles. The summed E-state index contributed by atoms with van der Waals surface area (Å²) in [6.45, 7) is 2.15. The first kappa shape index (κ1) is 18.5. The van der Waals surface area contributed by atoms with Gasteiger partial charge in [-0.2, -0.15) is 5.10 Å². The fraction of sp³-hybridized carbons (Fsp3) is 0.375. The van der Waals surface area contributed by atoms with Gasteiger partial charge in [-0.15, -0.1) is 0 Å². The molecule has 0 fully saturated rings. The number of nitrogens with zero attached hydrogens (tertiary/aromatic N) is 3. The Kier molecular flexibility index (Phi) is 7.30. The van der Waals surface area contributed by atoms with Crippen molar-refractivity contribution < 1.29 is 4.74 Å². The summed E-state index contributed by atoms with van der Waals surface area (Å²) in [6, 6.07) is 7.25. The molecule has 0 saturated carbocycles. The summed E-state index contributed by atoms with van der Waals surface area (Å²) in [7, 11) is 4.10. The van der Waals surface area contributed by atoms with Crippen LogP contribution in [0, 0.1) is 0 Å². The average molecular weight is 368 g/mol. The molecular weight excluding hydrogens is 346 g/mol. The van der Waals surface area contributed by atoms with Crippen molar-refractivity contribution in [3.63, 3.8) is 0 Å². The molecule has 0 aliphatic heterocycles.